The molecule has 3 heterocycles. The molecule has 1 aromatic rings. The summed E-state index contributed by atoms with van der Waals surface area (Å²) in [6.07, 6.45) is 9.76. The third-order valence-corrected chi connectivity index (χ3v) is 6.26. The van der Waals surface area contributed by atoms with Gasteiger partial charge in [0.1, 0.15) is 0 Å². The van der Waals surface area contributed by atoms with Crippen molar-refractivity contribution in [3.63, 3.8) is 0 Å². The van der Waals surface area contributed by atoms with E-state index in [-0.39, 0.29) is 17.2 Å². The summed E-state index contributed by atoms with van der Waals surface area (Å²) in [5.41, 5.74) is 0.249. The fourth-order valence-electron chi connectivity index (χ4n) is 4.45. The van der Waals surface area contributed by atoms with Gasteiger partial charge in [-0.3, -0.25) is 14.3 Å². The highest BCUT2D eigenvalue weighted by Crippen LogP contribution is 2.43. The van der Waals surface area contributed by atoms with Gasteiger partial charge in [0, 0.05) is 44.5 Å². The summed E-state index contributed by atoms with van der Waals surface area (Å²) in [6.45, 7) is 5.20. The number of hydrogen-bond acceptors (Lipinski definition) is 3. The molecule has 6 nitrogen and oxygen atoms in total. The van der Waals surface area contributed by atoms with Crippen LogP contribution in [0.2, 0.25) is 0 Å². The summed E-state index contributed by atoms with van der Waals surface area (Å²) >= 11 is 0. The minimum Gasteiger partial charge on any atom is -0.342 e. The van der Waals surface area contributed by atoms with Gasteiger partial charge in [-0.05, 0) is 43.6 Å². The van der Waals surface area contributed by atoms with Crippen molar-refractivity contribution in [2.45, 2.75) is 58.0 Å². The number of amides is 2. The van der Waals surface area contributed by atoms with Gasteiger partial charge in [0.2, 0.25) is 11.8 Å². The average molecular weight is 344 g/mol. The van der Waals surface area contributed by atoms with E-state index in [2.05, 4.69) is 10.00 Å². The Morgan fingerprint density at radius 2 is 2.08 bits per heavy atom. The third-order valence-electron chi connectivity index (χ3n) is 6.26. The van der Waals surface area contributed by atoms with E-state index in [9.17, 15) is 9.59 Å². The smallest absolute Gasteiger partial charge is 0.227 e. The van der Waals surface area contributed by atoms with E-state index in [1.807, 2.05) is 28.8 Å². The Morgan fingerprint density at radius 3 is 2.72 bits per heavy atom. The molecule has 1 saturated carbocycles. The number of hydrogen-bond donors (Lipinski definition) is 0. The normalized spacial score (nSPS) is 24.6. The summed E-state index contributed by atoms with van der Waals surface area (Å²) in [6, 6.07) is 2.40. The van der Waals surface area contributed by atoms with Crippen LogP contribution >= 0.6 is 0 Å². The molecule has 1 aliphatic carbocycles. The number of nitrogens with zero attached hydrogens (tertiary/aromatic N) is 4. The van der Waals surface area contributed by atoms with Crippen molar-refractivity contribution >= 4 is 11.8 Å². The first-order valence-corrected chi connectivity index (χ1v) is 9.62. The maximum Gasteiger partial charge on any atom is 0.227 e. The molecule has 0 bridgehead atoms. The summed E-state index contributed by atoms with van der Waals surface area (Å²) in [5, 5.41) is 4.20. The van der Waals surface area contributed by atoms with E-state index in [1.165, 1.54) is 12.8 Å². The van der Waals surface area contributed by atoms with E-state index in [0.29, 0.717) is 24.9 Å². The molecular formula is C19H28N4O2. The molecule has 2 saturated heterocycles. The van der Waals surface area contributed by atoms with Gasteiger partial charge >= 0.3 is 0 Å². The third kappa shape index (κ3) is 3.44. The topological polar surface area (TPSA) is 58.4 Å². The second kappa shape index (κ2) is 6.46. The van der Waals surface area contributed by atoms with E-state index < -0.39 is 0 Å². The quantitative estimate of drug-likeness (QED) is 0.838. The van der Waals surface area contributed by atoms with Crippen LogP contribution in [-0.2, 0) is 16.1 Å². The van der Waals surface area contributed by atoms with Crippen LogP contribution in [0.5, 0.6) is 0 Å². The fraction of sp³-hybridized carbons (Fsp3) is 0.737. The Kier molecular flexibility index (Phi) is 4.29. The van der Waals surface area contributed by atoms with Gasteiger partial charge in [0.15, 0.2) is 0 Å². The molecule has 1 atom stereocenters. The highest BCUT2D eigenvalue weighted by molar-refractivity contribution is 5.79. The first-order chi connectivity index (χ1) is 12.1. The summed E-state index contributed by atoms with van der Waals surface area (Å²) in [7, 11) is 0. The lowest BCUT2D eigenvalue weighted by molar-refractivity contribution is -0.144. The molecule has 1 unspecified atom stereocenters. The van der Waals surface area contributed by atoms with Crippen LogP contribution in [-0.4, -0.2) is 57.1 Å². The Hall–Kier alpha value is -1.85. The van der Waals surface area contributed by atoms with E-state index in [0.717, 1.165) is 38.9 Å². The zero-order chi connectivity index (χ0) is 17.4. The minimum absolute atomic E-state index is 0.0511. The second-order valence-corrected chi connectivity index (χ2v) is 8.21. The van der Waals surface area contributed by atoms with E-state index >= 15 is 0 Å². The van der Waals surface area contributed by atoms with E-state index in [4.69, 9.17) is 0 Å². The number of carbonyl (C=O) groups excluding carboxylic acids is 2. The molecular weight excluding hydrogens is 316 g/mol. The molecule has 0 radical (unpaired) electrons. The SMILES string of the molecule is CC(Cn1cccn1)C(=O)N1CCC2(CCC(=O)N(C3CC3)C2)CC1. The van der Waals surface area contributed by atoms with Gasteiger partial charge in [-0.25, -0.2) is 0 Å². The molecule has 2 amide bonds. The number of likely N-dealkylation sites (tertiary alicyclic amines) is 2. The van der Waals surface area contributed by atoms with Crippen molar-refractivity contribution < 1.29 is 9.59 Å². The Balaban J connectivity index is 1.33. The lowest BCUT2D eigenvalue weighted by Gasteiger charge is -2.48. The van der Waals surface area contributed by atoms with Crippen LogP contribution in [0.1, 0.15) is 45.4 Å². The zero-order valence-electron chi connectivity index (χ0n) is 15.1. The Bertz CT molecular complexity index is 630. The number of carbonyl (C=O) groups is 2. The van der Waals surface area contributed by atoms with Crippen molar-refractivity contribution in [1.29, 1.82) is 0 Å². The molecule has 0 N–H and O–H groups in total. The molecule has 25 heavy (non-hydrogen) atoms. The van der Waals surface area contributed by atoms with Crippen molar-refractivity contribution in [3.8, 4) is 0 Å². The molecule has 6 heteroatoms. The maximum absolute atomic E-state index is 12.8. The largest absolute Gasteiger partial charge is 0.342 e. The first kappa shape index (κ1) is 16.6. The predicted molar refractivity (Wildman–Crippen MR) is 93.6 cm³/mol. The summed E-state index contributed by atoms with van der Waals surface area (Å²) < 4.78 is 1.83. The van der Waals surface area contributed by atoms with Crippen LogP contribution in [0.3, 0.4) is 0 Å². The van der Waals surface area contributed by atoms with E-state index in [1.54, 1.807) is 6.20 Å². The Labute approximate surface area is 149 Å². The van der Waals surface area contributed by atoms with Gasteiger partial charge < -0.3 is 9.80 Å². The van der Waals surface area contributed by atoms with Crippen LogP contribution in [0, 0.1) is 11.3 Å². The van der Waals surface area contributed by atoms with Gasteiger partial charge in [0.25, 0.3) is 0 Å². The molecule has 3 aliphatic rings. The minimum atomic E-state index is -0.0511. The summed E-state index contributed by atoms with van der Waals surface area (Å²) in [4.78, 5) is 29.1. The molecule has 136 valence electrons. The summed E-state index contributed by atoms with van der Waals surface area (Å²) in [5.74, 6) is 0.528. The number of piperidine rings is 2. The van der Waals surface area contributed by atoms with Crippen molar-refractivity contribution in [3.05, 3.63) is 18.5 Å². The number of aromatic nitrogens is 2. The lowest BCUT2D eigenvalue weighted by Crippen LogP contribution is -2.53. The highest BCUT2D eigenvalue weighted by atomic mass is 16.2. The van der Waals surface area contributed by atoms with Crippen molar-refractivity contribution in [2.75, 3.05) is 19.6 Å². The molecule has 0 aromatic carbocycles. The van der Waals surface area contributed by atoms with Gasteiger partial charge in [0.05, 0.1) is 12.5 Å². The van der Waals surface area contributed by atoms with Crippen LogP contribution in [0.15, 0.2) is 18.5 Å². The maximum atomic E-state index is 12.8. The van der Waals surface area contributed by atoms with Gasteiger partial charge in [-0.2, -0.15) is 5.10 Å². The van der Waals surface area contributed by atoms with Gasteiger partial charge in [-0.15, -0.1) is 0 Å². The van der Waals surface area contributed by atoms with Crippen LogP contribution in [0.4, 0.5) is 0 Å². The van der Waals surface area contributed by atoms with Crippen molar-refractivity contribution in [2.24, 2.45) is 11.3 Å². The molecule has 2 aliphatic heterocycles. The fourth-order valence-corrected chi connectivity index (χ4v) is 4.45. The molecule has 4 rings (SSSR count). The standard InChI is InChI=1S/C19H28N4O2/c1-15(13-22-10-2-9-20-22)18(25)21-11-7-19(8-12-21)6-5-17(24)23(14-19)16-3-4-16/h2,9-10,15-16H,3-8,11-14H2,1H3. The highest BCUT2D eigenvalue weighted by Gasteiger charge is 2.45. The monoisotopic (exact) mass is 344 g/mol. The number of rotatable bonds is 4. The zero-order valence-corrected chi connectivity index (χ0v) is 15.1. The average Bonchev–Trinajstić information content (AvgIpc) is 3.34. The lowest BCUT2D eigenvalue weighted by atomic mass is 9.72. The molecule has 1 aromatic heterocycles. The predicted octanol–water partition coefficient (Wildman–Crippen LogP) is 1.91. The molecule has 1 spiro atoms. The van der Waals surface area contributed by atoms with Crippen molar-refractivity contribution in [1.82, 2.24) is 19.6 Å². The van der Waals surface area contributed by atoms with Crippen LogP contribution in [0.25, 0.3) is 0 Å². The van der Waals surface area contributed by atoms with Gasteiger partial charge in [-0.1, -0.05) is 6.92 Å². The molecule has 3 fully saturated rings. The Morgan fingerprint density at radius 1 is 1.32 bits per heavy atom. The first-order valence-electron chi connectivity index (χ1n) is 9.62. The van der Waals surface area contributed by atoms with Crippen LogP contribution < -0.4 is 0 Å². The second-order valence-electron chi connectivity index (χ2n) is 8.21.